The van der Waals surface area contributed by atoms with E-state index in [0.29, 0.717) is 29.4 Å². The summed E-state index contributed by atoms with van der Waals surface area (Å²) < 4.78 is 26.8. The predicted octanol–water partition coefficient (Wildman–Crippen LogP) is 3.20. The number of pyridine rings is 1. The zero-order valence-electron chi connectivity index (χ0n) is 16.4. The van der Waals surface area contributed by atoms with Crippen molar-refractivity contribution in [2.24, 2.45) is 0 Å². The first-order chi connectivity index (χ1) is 14.3. The van der Waals surface area contributed by atoms with Crippen molar-refractivity contribution < 1.29 is 18.1 Å². The largest absolute Gasteiger partial charge is 0.325 e. The van der Waals surface area contributed by atoms with Crippen molar-refractivity contribution in [2.45, 2.75) is 36.1 Å². The molecule has 1 aromatic heterocycles. The summed E-state index contributed by atoms with van der Waals surface area (Å²) in [4.78, 5) is 26.9. The summed E-state index contributed by atoms with van der Waals surface area (Å²) >= 11 is 1.15. The van der Waals surface area contributed by atoms with Gasteiger partial charge in [-0.05, 0) is 37.5 Å². The highest BCUT2D eigenvalue weighted by atomic mass is 32.2. The number of amides is 1. The summed E-state index contributed by atoms with van der Waals surface area (Å²) in [6, 6.07) is 7.35. The topological polar surface area (TPSA) is 123 Å². The van der Waals surface area contributed by atoms with E-state index in [-0.39, 0.29) is 22.2 Å². The van der Waals surface area contributed by atoms with Crippen molar-refractivity contribution in [1.82, 2.24) is 9.29 Å². The molecule has 2 heterocycles. The highest BCUT2D eigenvalue weighted by molar-refractivity contribution is 7.99. The highest BCUT2D eigenvalue weighted by Gasteiger charge is 2.26. The van der Waals surface area contributed by atoms with E-state index < -0.39 is 14.9 Å². The van der Waals surface area contributed by atoms with Crippen molar-refractivity contribution in [3.63, 3.8) is 0 Å². The summed E-state index contributed by atoms with van der Waals surface area (Å²) in [5, 5.41) is 14.1. The number of aryl methyl sites for hydroxylation is 1. The minimum atomic E-state index is -3.54. The number of non-ortho nitro benzene ring substituents is 1. The van der Waals surface area contributed by atoms with Crippen LogP contribution in [-0.4, -0.2) is 47.4 Å². The maximum Gasteiger partial charge on any atom is 0.271 e. The molecule has 1 aliphatic heterocycles. The SMILES string of the molecule is Cc1ccc([N+](=O)[O-])cc1NC(=O)CSc1ccc(S(=O)(=O)N2CCCCC2)cn1. The Balaban J connectivity index is 1.59. The average Bonchev–Trinajstić information content (AvgIpc) is 2.74. The van der Waals surface area contributed by atoms with Gasteiger partial charge in [0.1, 0.15) is 4.90 Å². The molecule has 0 spiro atoms. The molecule has 3 rings (SSSR count). The van der Waals surface area contributed by atoms with Crippen LogP contribution in [0.15, 0.2) is 46.5 Å². The maximum absolute atomic E-state index is 12.6. The van der Waals surface area contributed by atoms with E-state index in [2.05, 4.69) is 10.3 Å². The molecule has 1 fully saturated rings. The molecule has 0 saturated carbocycles. The van der Waals surface area contributed by atoms with E-state index in [1.54, 1.807) is 19.1 Å². The van der Waals surface area contributed by atoms with Gasteiger partial charge in [-0.3, -0.25) is 14.9 Å². The molecular formula is C19H22N4O5S2. The number of nitro groups is 1. The van der Waals surface area contributed by atoms with Gasteiger partial charge in [-0.25, -0.2) is 13.4 Å². The number of nitrogens with zero attached hydrogens (tertiary/aromatic N) is 3. The Kier molecular flexibility index (Phi) is 7.06. The van der Waals surface area contributed by atoms with Crippen LogP contribution in [0.5, 0.6) is 0 Å². The van der Waals surface area contributed by atoms with Crippen LogP contribution in [0.2, 0.25) is 0 Å². The van der Waals surface area contributed by atoms with E-state index in [0.717, 1.165) is 31.0 Å². The van der Waals surface area contributed by atoms with E-state index in [4.69, 9.17) is 0 Å². The van der Waals surface area contributed by atoms with Gasteiger partial charge in [0, 0.05) is 31.4 Å². The Morgan fingerprint density at radius 2 is 1.97 bits per heavy atom. The van der Waals surface area contributed by atoms with Crippen LogP contribution < -0.4 is 5.32 Å². The zero-order chi connectivity index (χ0) is 21.7. The summed E-state index contributed by atoms with van der Waals surface area (Å²) in [6.45, 7) is 2.79. The number of anilines is 1. The van der Waals surface area contributed by atoms with Crippen LogP contribution in [0.1, 0.15) is 24.8 Å². The number of thioether (sulfide) groups is 1. The number of sulfonamides is 1. The maximum atomic E-state index is 12.6. The minimum absolute atomic E-state index is 0.0351. The number of nitrogens with one attached hydrogen (secondary N) is 1. The number of carbonyl (C=O) groups excluding carboxylic acids is 1. The molecule has 30 heavy (non-hydrogen) atoms. The second-order valence-electron chi connectivity index (χ2n) is 6.89. The number of carbonyl (C=O) groups is 1. The summed E-state index contributed by atoms with van der Waals surface area (Å²) in [7, 11) is -3.54. The lowest BCUT2D eigenvalue weighted by Crippen LogP contribution is -2.35. The number of aromatic nitrogens is 1. The molecule has 11 heteroatoms. The fourth-order valence-corrected chi connectivity index (χ4v) is 5.15. The molecule has 9 nitrogen and oxygen atoms in total. The smallest absolute Gasteiger partial charge is 0.271 e. The van der Waals surface area contributed by atoms with Gasteiger partial charge >= 0.3 is 0 Å². The first-order valence-corrected chi connectivity index (χ1v) is 11.8. The van der Waals surface area contributed by atoms with E-state index in [1.807, 2.05) is 0 Å². The summed E-state index contributed by atoms with van der Waals surface area (Å²) in [5.74, 6) is -0.303. The standard InChI is InChI=1S/C19H22N4O5S2/c1-14-5-6-15(23(25)26)11-17(14)21-18(24)13-29-19-8-7-16(12-20-19)30(27,28)22-9-3-2-4-10-22/h5-8,11-12H,2-4,9-10,13H2,1H3,(H,21,24). The summed E-state index contributed by atoms with van der Waals surface area (Å²) in [5.41, 5.74) is 0.991. The second kappa shape index (κ2) is 9.54. The van der Waals surface area contributed by atoms with Gasteiger partial charge in [-0.2, -0.15) is 4.31 Å². The van der Waals surface area contributed by atoms with E-state index in [1.165, 1.54) is 28.7 Å². The molecule has 1 aliphatic rings. The molecule has 160 valence electrons. The van der Waals surface area contributed by atoms with Gasteiger partial charge in [0.25, 0.3) is 5.69 Å². The van der Waals surface area contributed by atoms with Gasteiger partial charge in [-0.15, -0.1) is 0 Å². The third-order valence-corrected chi connectivity index (χ3v) is 7.55. The van der Waals surface area contributed by atoms with Crippen molar-refractivity contribution in [1.29, 1.82) is 0 Å². The van der Waals surface area contributed by atoms with E-state index in [9.17, 15) is 23.3 Å². The molecule has 1 N–H and O–H groups in total. The molecule has 1 saturated heterocycles. The molecule has 2 aromatic rings. The van der Waals surface area contributed by atoms with Crippen LogP contribution >= 0.6 is 11.8 Å². The van der Waals surface area contributed by atoms with Crippen molar-refractivity contribution in [3.05, 3.63) is 52.2 Å². The quantitative estimate of drug-likeness (QED) is 0.390. The van der Waals surface area contributed by atoms with Crippen molar-refractivity contribution in [3.8, 4) is 0 Å². The van der Waals surface area contributed by atoms with Crippen LogP contribution in [0.3, 0.4) is 0 Å². The lowest BCUT2D eigenvalue weighted by atomic mass is 10.2. The van der Waals surface area contributed by atoms with Gasteiger partial charge < -0.3 is 5.32 Å². The van der Waals surface area contributed by atoms with Crippen LogP contribution in [0, 0.1) is 17.0 Å². The van der Waals surface area contributed by atoms with Crippen molar-refractivity contribution in [2.75, 3.05) is 24.2 Å². The Bertz CT molecular complexity index is 1040. The van der Waals surface area contributed by atoms with Gasteiger partial charge in [0.2, 0.25) is 15.9 Å². The lowest BCUT2D eigenvalue weighted by Gasteiger charge is -2.25. The fraction of sp³-hybridized carbons (Fsp3) is 0.368. The second-order valence-corrected chi connectivity index (χ2v) is 9.82. The van der Waals surface area contributed by atoms with Gasteiger partial charge in [-0.1, -0.05) is 24.2 Å². The monoisotopic (exact) mass is 450 g/mol. The van der Waals surface area contributed by atoms with Gasteiger partial charge in [0.15, 0.2) is 0 Å². The number of rotatable bonds is 7. The third-order valence-electron chi connectivity index (χ3n) is 4.72. The molecule has 0 aliphatic carbocycles. The van der Waals surface area contributed by atoms with Crippen LogP contribution in [0.4, 0.5) is 11.4 Å². The molecular weight excluding hydrogens is 428 g/mol. The zero-order valence-corrected chi connectivity index (χ0v) is 18.0. The third kappa shape index (κ3) is 5.35. The Morgan fingerprint density at radius 3 is 2.60 bits per heavy atom. The van der Waals surface area contributed by atoms with Crippen LogP contribution in [0.25, 0.3) is 0 Å². The average molecular weight is 451 g/mol. The molecule has 0 radical (unpaired) electrons. The normalized spacial score (nSPS) is 15.0. The van der Waals surface area contributed by atoms with E-state index >= 15 is 0 Å². The molecule has 0 unspecified atom stereocenters. The fourth-order valence-electron chi connectivity index (χ4n) is 3.04. The minimum Gasteiger partial charge on any atom is -0.325 e. The van der Waals surface area contributed by atoms with Crippen molar-refractivity contribution >= 4 is 39.1 Å². The first kappa shape index (κ1) is 22.2. The number of piperidine rings is 1. The number of nitro benzene ring substituents is 1. The highest BCUT2D eigenvalue weighted by Crippen LogP contribution is 2.24. The Hall–Kier alpha value is -2.50. The Morgan fingerprint density at radius 1 is 1.23 bits per heavy atom. The number of hydrogen-bond donors (Lipinski definition) is 1. The van der Waals surface area contributed by atoms with Gasteiger partial charge in [0.05, 0.1) is 21.4 Å². The molecule has 1 aromatic carbocycles. The molecule has 0 bridgehead atoms. The Labute approximate surface area is 179 Å². The number of hydrogen-bond acceptors (Lipinski definition) is 7. The molecule has 1 amide bonds. The summed E-state index contributed by atoms with van der Waals surface area (Å²) in [6.07, 6.45) is 4.08. The van der Waals surface area contributed by atoms with Crippen LogP contribution in [-0.2, 0) is 14.8 Å². The first-order valence-electron chi connectivity index (χ1n) is 9.41. The molecule has 0 atom stereocenters. The predicted molar refractivity (Wildman–Crippen MR) is 114 cm³/mol. The lowest BCUT2D eigenvalue weighted by molar-refractivity contribution is -0.384. The number of benzene rings is 1.